The maximum Gasteiger partial charge on any atom is 0.157 e. The van der Waals surface area contributed by atoms with Crippen LogP contribution in [0.5, 0.6) is 0 Å². The Hall–Kier alpha value is -0.900. The zero-order valence-electron chi connectivity index (χ0n) is 16.6. The Morgan fingerprint density at radius 2 is 1.96 bits per heavy atom. The van der Waals surface area contributed by atoms with Gasteiger partial charge >= 0.3 is 0 Å². The molecular formula is C23H38O3. The van der Waals surface area contributed by atoms with Gasteiger partial charge in [0.05, 0.1) is 12.7 Å². The van der Waals surface area contributed by atoms with Gasteiger partial charge in [0.25, 0.3) is 0 Å². The van der Waals surface area contributed by atoms with Crippen LogP contribution < -0.4 is 0 Å². The number of aliphatic hydroxyl groups is 1. The summed E-state index contributed by atoms with van der Waals surface area (Å²) in [7, 11) is 0. The zero-order chi connectivity index (χ0) is 18.5. The predicted molar refractivity (Wildman–Crippen MR) is 107 cm³/mol. The Kier molecular flexibility index (Phi) is 10.9. The molecule has 2 atom stereocenters. The highest BCUT2D eigenvalue weighted by Crippen LogP contribution is 2.22. The average Bonchev–Trinajstić information content (AvgIpc) is 2.69. The van der Waals surface area contributed by atoms with Crippen LogP contribution in [0, 0.1) is 0 Å². The van der Waals surface area contributed by atoms with Gasteiger partial charge in [-0.05, 0) is 49.7 Å². The molecule has 148 valence electrons. The van der Waals surface area contributed by atoms with Crippen molar-refractivity contribution in [3.63, 3.8) is 0 Å². The number of hydrogen-bond donors (Lipinski definition) is 1. The molecule has 0 aromatic heterocycles. The van der Waals surface area contributed by atoms with Gasteiger partial charge in [-0.1, -0.05) is 69.7 Å². The van der Waals surface area contributed by atoms with E-state index in [1.165, 1.54) is 44.1 Å². The highest BCUT2D eigenvalue weighted by atomic mass is 16.7. The van der Waals surface area contributed by atoms with Crippen LogP contribution >= 0.6 is 0 Å². The maximum absolute atomic E-state index is 10.4. The molecule has 1 fully saturated rings. The van der Waals surface area contributed by atoms with E-state index in [0.29, 0.717) is 0 Å². The molecule has 2 rings (SSSR count). The van der Waals surface area contributed by atoms with E-state index in [1.54, 1.807) is 0 Å². The van der Waals surface area contributed by atoms with Crippen molar-refractivity contribution in [2.75, 3.05) is 13.2 Å². The highest BCUT2D eigenvalue weighted by molar-refractivity contribution is 5.25. The standard InChI is InChI=1S/C23H38O3/c1-2-3-4-5-6-7-15-22(24)21-14-10-12-20(19-21)13-11-18-26-23-16-8-9-17-25-23/h10,12,14,19,22-24H,2-9,11,13,15-18H2,1H3. The summed E-state index contributed by atoms with van der Waals surface area (Å²) in [5, 5.41) is 10.4. The van der Waals surface area contributed by atoms with Crippen molar-refractivity contribution in [1.82, 2.24) is 0 Å². The fourth-order valence-corrected chi connectivity index (χ4v) is 3.57. The lowest BCUT2D eigenvalue weighted by Gasteiger charge is -2.22. The minimum atomic E-state index is -0.326. The summed E-state index contributed by atoms with van der Waals surface area (Å²) in [6, 6.07) is 8.44. The van der Waals surface area contributed by atoms with Gasteiger partial charge in [0.1, 0.15) is 0 Å². The number of hydrogen-bond acceptors (Lipinski definition) is 3. The SMILES string of the molecule is CCCCCCCCC(O)c1cccc(CCCOC2CCCCO2)c1. The van der Waals surface area contributed by atoms with Crippen molar-refractivity contribution in [2.45, 2.75) is 96.4 Å². The third-order valence-corrected chi connectivity index (χ3v) is 5.22. The van der Waals surface area contributed by atoms with Crippen LogP contribution in [0.15, 0.2) is 24.3 Å². The molecule has 0 saturated carbocycles. The summed E-state index contributed by atoms with van der Waals surface area (Å²) >= 11 is 0. The van der Waals surface area contributed by atoms with Crippen LogP contribution in [0.2, 0.25) is 0 Å². The number of aliphatic hydroxyl groups excluding tert-OH is 1. The third-order valence-electron chi connectivity index (χ3n) is 5.22. The molecule has 0 spiro atoms. The summed E-state index contributed by atoms with van der Waals surface area (Å²) in [5.41, 5.74) is 2.35. The first kappa shape index (κ1) is 21.4. The molecule has 0 radical (unpaired) electrons. The van der Waals surface area contributed by atoms with E-state index in [-0.39, 0.29) is 12.4 Å². The van der Waals surface area contributed by atoms with Crippen molar-refractivity contribution in [1.29, 1.82) is 0 Å². The Morgan fingerprint density at radius 1 is 1.12 bits per heavy atom. The Bertz CT molecular complexity index is 468. The van der Waals surface area contributed by atoms with Crippen molar-refractivity contribution >= 4 is 0 Å². The maximum atomic E-state index is 10.4. The molecule has 3 heteroatoms. The molecule has 0 bridgehead atoms. The summed E-state index contributed by atoms with van der Waals surface area (Å²) in [5.74, 6) is 0. The van der Waals surface area contributed by atoms with Crippen LogP contribution in [0.1, 0.15) is 94.8 Å². The minimum Gasteiger partial charge on any atom is -0.388 e. The summed E-state index contributed by atoms with van der Waals surface area (Å²) < 4.78 is 11.4. The molecule has 1 saturated heterocycles. The van der Waals surface area contributed by atoms with Crippen LogP contribution in [-0.2, 0) is 15.9 Å². The first-order chi connectivity index (χ1) is 12.8. The quantitative estimate of drug-likeness (QED) is 0.441. The van der Waals surface area contributed by atoms with Gasteiger partial charge in [0, 0.05) is 6.61 Å². The molecule has 1 aromatic carbocycles. The second-order valence-corrected chi connectivity index (χ2v) is 7.59. The van der Waals surface area contributed by atoms with Crippen molar-refractivity contribution in [2.24, 2.45) is 0 Å². The Morgan fingerprint density at radius 3 is 2.77 bits per heavy atom. The fraction of sp³-hybridized carbons (Fsp3) is 0.739. The van der Waals surface area contributed by atoms with Crippen LogP contribution in [-0.4, -0.2) is 24.6 Å². The second-order valence-electron chi connectivity index (χ2n) is 7.59. The molecule has 2 unspecified atom stereocenters. The average molecular weight is 363 g/mol. The van der Waals surface area contributed by atoms with Gasteiger partial charge in [-0.25, -0.2) is 0 Å². The van der Waals surface area contributed by atoms with E-state index in [1.807, 2.05) is 0 Å². The first-order valence-corrected chi connectivity index (χ1v) is 10.8. The van der Waals surface area contributed by atoms with E-state index in [9.17, 15) is 5.11 Å². The Balaban J connectivity index is 1.62. The number of unbranched alkanes of at least 4 members (excludes halogenated alkanes) is 5. The third kappa shape index (κ3) is 8.66. The van der Waals surface area contributed by atoms with Crippen molar-refractivity contribution in [3.8, 4) is 0 Å². The number of benzene rings is 1. The van der Waals surface area contributed by atoms with E-state index in [0.717, 1.165) is 57.3 Å². The predicted octanol–water partition coefficient (Wildman–Crippen LogP) is 5.95. The van der Waals surface area contributed by atoms with Gasteiger partial charge < -0.3 is 14.6 Å². The smallest absolute Gasteiger partial charge is 0.157 e. The lowest BCUT2D eigenvalue weighted by atomic mass is 9.99. The topological polar surface area (TPSA) is 38.7 Å². The molecule has 26 heavy (non-hydrogen) atoms. The number of ether oxygens (including phenoxy) is 2. The highest BCUT2D eigenvalue weighted by Gasteiger charge is 2.13. The molecule has 0 aliphatic carbocycles. The number of rotatable bonds is 13. The molecule has 1 aliphatic heterocycles. The second kappa shape index (κ2) is 13.3. The zero-order valence-corrected chi connectivity index (χ0v) is 16.6. The Labute approximate surface area is 160 Å². The van der Waals surface area contributed by atoms with E-state index < -0.39 is 0 Å². The summed E-state index contributed by atoms with van der Waals surface area (Å²) in [6.07, 6.45) is 13.5. The molecular weight excluding hydrogens is 324 g/mol. The monoisotopic (exact) mass is 362 g/mol. The molecule has 3 nitrogen and oxygen atoms in total. The van der Waals surface area contributed by atoms with Gasteiger partial charge in [-0.15, -0.1) is 0 Å². The van der Waals surface area contributed by atoms with Crippen LogP contribution in [0.4, 0.5) is 0 Å². The van der Waals surface area contributed by atoms with Crippen LogP contribution in [0.3, 0.4) is 0 Å². The normalized spacial score (nSPS) is 18.8. The van der Waals surface area contributed by atoms with Crippen LogP contribution in [0.25, 0.3) is 0 Å². The summed E-state index contributed by atoms with van der Waals surface area (Å²) in [4.78, 5) is 0. The summed E-state index contributed by atoms with van der Waals surface area (Å²) in [6.45, 7) is 3.82. The van der Waals surface area contributed by atoms with Crippen molar-refractivity contribution < 1.29 is 14.6 Å². The largest absolute Gasteiger partial charge is 0.388 e. The molecule has 1 N–H and O–H groups in total. The molecule has 1 aliphatic rings. The minimum absolute atomic E-state index is 0.00855. The van der Waals surface area contributed by atoms with Gasteiger partial charge in [-0.2, -0.15) is 0 Å². The molecule has 0 amide bonds. The van der Waals surface area contributed by atoms with E-state index in [4.69, 9.17) is 9.47 Å². The van der Waals surface area contributed by atoms with Gasteiger partial charge in [-0.3, -0.25) is 0 Å². The van der Waals surface area contributed by atoms with E-state index in [2.05, 4.69) is 31.2 Å². The first-order valence-electron chi connectivity index (χ1n) is 10.8. The fourth-order valence-electron chi connectivity index (χ4n) is 3.57. The van der Waals surface area contributed by atoms with Gasteiger partial charge in [0.15, 0.2) is 6.29 Å². The lowest BCUT2D eigenvalue weighted by molar-refractivity contribution is -0.162. The van der Waals surface area contributed by atoms with Gasteiger partial charge in [0.2, 0.25) is 0 Å². The van der Waals surface area contributed by atoms with E-state index >= 15 is 0 Å². The number of aryl methyl sites for hydroxylation is 1. The molecule has 1 aromatic rings. The lowest BCUT2D eigenvalue weighted by Crippen LogP contribution is -2.22. The van der Waals surface area contributed by atoms with Crippen molar-refractivity contribution in [3.05, 3.63) is 35.4 Å². The molecule has 1 heterocycles.